The lowest BCUT2D eigenvalue weighted by molar-refractivity contribution is -0.142. The van der Waals surface area contributed by atoms with Crippen molar-refractivity contribution in [3.05, 3.63) is 35.0 Å². The largest absolute Gasteiger partial charge is 0.391 e. The number of carbonyl (C=O) groups is 3. The van der Waals surface area contributed by atoms with E-state index >= 15 is 0 Å². The lowest BCUT2D eigenvalue weighted by atomic mass is 9.85. The van der Waals surface area contributed by atoms with Crippen molar-refractivity contribution in [2.45, 2.75) is 85.7 Å². The Hall–Kier alpha value is -2.82. The summed E-state index contributed by atoms with van der Waals surface area (Å²) in [4.78, 5) is 45.5. The zero-order valence-corrected chi connectivity index (χ0v) is 23.5. The Morgan fingerprint density at radius 2 is 1.95 bits per heavy atom. The minimum Gasteiger partial charge on any atom is -0.391 e. The standard InChI is InChI=1S/C27H39N5O4S/c1-15(2)30-24(27(5,6)7)26(36)32-13-20(34)11-22(32)25(35)28-12-19-9-8-18(10-21(19)31-17(4)33)23-16(3)29-14-37-23/h8-10,14-15,20,22,24,30,34H,11-13H2,1-7H3,(H,28,35)(H,31,33)/t20-,22+,24-/m1/s1. The summed E-state index contributed by atoms with van der Waals surface area (Å²) in [7, 11) is 0. The van der Waals surface area contributed by atoms with E-state index in [0.717, 1.165) is 21.7 Å². The first-order valence-electron chi connectivity index (χ1n) is 12.6. The molecule has 0 unspecified atom stereocenters. The highest BCUT2D eigenvalue weighted by molar-refractivity contribution is 7.13. The fourth-order valence-electron chi connectivity index (χ4n) is 4.55. The number of aliphatic hydroxyl groups is 1. The molecule has 0 radical (unpaired) electrons. The van der Waals surface area contributed by atoms with Crippen LogP contribution >= 0.6 is 11.3 Å². The van der Waals surface area contributed by atoms with E-state index in [-0.39, 0.29) is 48.7 Å². The van der Waals surface area contributed by atoms with Crippen molar-refractivity contribution in [2.24, 2.45) is 5.41 Å². The summed E-state index contributed by atoms with van der Waals surface area (Å²) in [6.07, 6.45) is -0.589. The highest BCUT2D eigenvalue weighted by Crippen LogP contribution is 2.31. The predicted molar refractivity (Wildman–Crippen MR) is 146 cm³/mol. The van der Waals surface area contributed by atoms with E-state index in [1.54, 1.807) is 5.51 Å². The summed E-state index contributed by atoms with van der Waals surface area (Å²) in [5.74, 6) is -0.744. The van der Waals surface area contributed by atoms with Gasteiger partial charge in [0.25, 0.3) is 0 Å². The molecule has 1 aliphatic rings. The highest BCUT2D eigenvalue weighted by atomic mass is 32.1. The van der Waals surface area contributed by atoms with Gasteiger partial charge in [0.15, 0.2) is 0 Å². The molecular formula is C27H39N5O4S. The molecule has 37 heavy (non-hydrogen) atoms. The molecular weight excluding hydrogens is 490 g/mol. The predicted octanol–water partition coefficient (Wildman–Crippen LogP) is 3.07. The van der Waals surface area contributed by atoms with Gasteiger partial charge in [0.2, 0.25) is 17.7 Å². The summed E-state index contributed by atoms with van der Waals surface area (Å²) in [6.45, 7) is 13.5. The van der Waals surface area contributed by atoms with Crippen molar-refractivity contribution < 1.29 is 19.5 Å². The summed E-state index contributed by atoms with van der Waals surface area (Å²) in [5.41, 5.74) is 4.58. The number of carbonyl (C=O) groups excluding carboxylic acids is 3. The zero-order chi connectivity index (χ0) is 27.5. The summed E-state index contributed by atoms with van der Waals surface area (Å²) >= 11 is 1.52. The Labute approximate surface area is 223 Å². The second-order valence-electron chi connectivity index (χ2n) is 11.1. The molecule has 10 heteroatoms. The zero-order valence-electron chi connectivity index (χ0n) is 22.7. The molecule has 1 aromatic carbocycles. The minimum absolute atomic E-state index is 0.0805. The number of β-amino-alcohol motifs (C(OH)–C–C–N with tert-alkyl or cyclic N) is 1. The van der Waals surface area contributed by atoms with Crippen molar-refractivity contribution in [2.75, 3.05) is 11.9 Å². The smallest absolute Gasteiger partial charge is 0.243 e. The van der Waals surface area contributed by atoms with E-state index in [0.29, 0.717) is 5.69 Å². The first-order valence-corrected chi connectivity index (χ1v) is 13.5. The number of amides is 3. The van der Waals surface area contributed by atoms with Crippen molar-refractivity contribution in [1.29, 1.82) is 0 Å². The molecule has 4 N–H and O–H groups in total. The Balaban J connectivity index is 1.78. The number of aliphatic hydroxyl groups excluding tert-OH is 1. The number of aryl methyl sites for hydroxylation is 1. The number of rotatable bonds is 8. The van der Waals surface area contributed by atoms with Gasteiger partial charge in [-0.25, -0.2) is 4.98 Å². The molecule has 0 aliphatic carbocycles. The second kappa shape index (κ2) is 11.7. The number of aromatic nitrogens is 1. The number of anilines is 1. The SMILES string of the molecule is CC(=O)Nc1cc(-c2scnc2C)ccc1CNC(=O)[C@@H]1C[C@@H](O)CN1C(=O)[C@@H](NC(C)C)C(C)(C)C. The maximum atomic E-state index is 13.5. The van der Waals surface area contributed by atoms with Crippen molar-refractivity contribution >= 4 is 34.7 Å². The molecule has 0 bridgehead atoms. The van der Waals surface area contributed by atoms with E-state index in [1.807, 2.05) is 59.7 Å². The molecule has 3 amide bonds. The molecule has 1 fully saturated rings. The molecule has 202 valence electrons. The van der Waals surface area contributed by atoms with Crippen LogP contribution in [0, 0.1) is 12.3 Å². The molecule has 3 atom stereocenters. The normalized spacial score (nSPS) is 18.7. The molecule has 2 aromatic rings. The van der Waals surface area contributed by atoms with Crippen LogP contribution in [0.4, 0.5) is 5.69 Å². The lowest BCUT2D eigenvalue weighted by Crippen LogP contribution is -2.57. The van der Waals surface area contributed by atoms with Gasteiger partial charge in [-0.1, -0.05) is 46.8 Å². The fourth-order valence-corrected chi connectivity index (χ4v) is 5.36. The van der Waals surface area contributed by atoms with E-state index in [2.05, 4.69) is 20.9 Å². The molecule has 2 heterocycles. The van der Waals surface area contributed by atoms with Crippen LogP contribution < -0.4 is 16.0 Å². The minimum atomic E-state index is -0.773. The van der Waals surface area contributed by atoms with Gasteiger partial charge >= 0.3 is 0 Å². The van der Waals surface area contributed by atoms with Gasteiger partial charge < -0.3 is 26.0 Å². The number of benzene rings is 1. The maximum Gasteiger partial charge on any atom is 0.243 e. The van der Waals surface area contributed by atoms with E-state index in [4.69, 9.17) is 0 Å². The molecule has 1 aromatic heterocycles. The van der Waals surface area contributed by atoms with Gasteiger partial charge in [0.1, 0.15) is 6.04 Å². The average molecular weight is 530 g/mol. The molecule has 9 nitrogen and oxygen atoms in total. The average Bonchev–Trinajstić information content (AvgIpc) is 3.40. The first kappa shape index (κ1) is 28.7. The third kappa shape index (κ3) is 7.15. The van der Waals surface area contributed by atoms with E-state index in [9.17, 15) is 19.5 Å². The number of nitrogens with zero attached hydrogens (tertiary/aromatic N) is 2. The summed E-state index contributed by atoms with van der Waals surface area (Å²) < 4.78 is 0. The summed E-state index contributed by atoms with van der Waals surface area (Å²) in [5, 5.41) is 19.5. The van der Waals surface area contributed by atoms with Gasteiger partial charge in [0, 0.05) is 38.2 Å². The molecule has 0 saturated carbocycles. The van der Waals surface area contributed by atoms with Gasteiger partial charge in [-0.2, -0.15) is 0 Å². The van der Waals surface area contributed by atoms with E-state index < -0.39 is 18.2 Å². The molecule has 0 spiro atoms. The van der Waals surface area contributed by atoms with Crippen LogP contribution in [0.2, 0.25) is 0 Å². The van der Waals surface area contributed by atoms with Gasteiger partial charge in [-0.15, -0.1) is 11.3 Å². The van der Waals surface area contributed by atoms with Crippen LogP contribution in [0.25, 0.3) is 10.4 Å². The Morgan fingerprint density at radius 1 is 1.24 bits per heavy atom. The van der Waals surface area contributed by atoms with Crippen LogP contribution in [-0.2, 0) is 20.9 Å². The lowest BCUT2D eigenvalue weighted by Gasteiger charge is -2.36. The third-order valence-electron chi connectivity index (χ3n) is 6.36. The van der Waals surface area contributed by atoms with Crippen LogP contribution in [0.1, 0.15) is 59.2 Å². The number of nitrogens with one attached hydrogen (secondary N) is 3. The van der Waals surface area contributed by atoms with Crippen molar-refractivity contribution in [3.63, 3.8) is 0 Å². The van der Waals surface area contributed by atoms with Gasteiger partial charge in [-0.3, -0.25) is 14.4 Å². The highest BCUT2D eigenvalue weighted by Gasteiger charge is 2.44. The molecule has 1 aliphatic heterocycles. The monoisotopic (exact) mass is 529 g/mol. The van der Waals surface area contributed by atoms with Gasteiger partial charge in [-0.05, 0) is 29.5 Å². The molecule has 3 rings (SSSR count). The van der Waals surface area contributed by atoms with Crippen molar-refractivity contribution in [1.82, 2.24) is 20.5 Å². The van der Waals surface area contributed by atoms with Gasteiger partial charge in [0.05, 0.1) is 28.2 Å². The van der Waals surface area contributed by atoms with Crippen LogP contribution in [-0.4, -0.2) is 63.5 Å². The van der Waals surface area contributed by atoms with Crippen LogP contribution in [0.5, 0.6) is 0 Å². The number of hydrogen-bond donors (Lipinski definition) is 4. The Morgan fingerprint density at radius 3 is 2.51 bits per heavy atom. The maximum absolute atomic E-state index is 13.5. The van der Waals surface area contributed by atoms with Crippen molar-refractivity contribution in [3.8, 4) is 10.4 Å². The number of thiazole rings is 1. The Bertz CT molecular complexity index is 1140. The van der Waals surface area contributed by atoms with Crippen LogP contribution in [0.3, 0.4) is 0 Å². The second-order valence-corrected chi connectivity index (χ2v) is 11.9. The van der Waals surface area contributed by atoms with Crippen LogP contribution in [0.15, 0.2) is 23.7 Å². The quantitative estimate of drug-likeness (QED) is 0.417. The number of hydrogen-bond acceptors (Lipinski definition) is 7. The topological polar surface area (TPSA) is 124 Å². The first-order chi connectivity index (χ1) is 17.3. The number of likely N-dealkylation sites (tertiary alicyclic amines) is 1. The van der Waals surface area contributed by atoms with E-state index in [1.165, 1.54) is 23.2 Å². The fraction of sp³-hybridized carbons (Fsp3) is 0.556. The third-order valence-corrected chi connectivity index (χ3v) is 7.34. The summed E-state index contributed by atoms with van der Waals surface area (Å²) in [6, 6.07) is 4.50. The Kier molecular flexibility index (Phi) is 9.09. The molecule has 1 saturated heterocycles.